The van der Waals surface area contributed by atoms with Gasteiger partial charge in [0.15, 0.2) is 5.75 Å². The van der Waals surface area contributed by atoms with Gasteiger partial charge in [0.2, 0.25) is 0 Å². The second-order valence-electron chi connectivity index (χ2n) is 3.99. The predicted octanol–water partition coefficient (Wildman–Crippen LogP) is 2.05. The lowest BCUT2D eigenvalue weighted by atomic mass is 10.5. The van der Waals surface area contributed by atoms with Crippen molar-refractivity contribution in [2.45, 2.75) is 33.0 Å². The Morgan fingerprint density at radius 1 is 1.50 bits per heavy atom. The third kappa shape index (κ3) is 3.54. The van der Waals surface area contributed by atoms with Gasteiger partial charge in [-0.15, -0.1) is 11.3 Å². The second kappa shape index (κ2) is 6.51. The van der Waals surface area contributed by atoms with Crippen molar-refractivity contribution in [3.63, 3.8) is 0 Å². The predicted molar refractivity (Wildman–Crippen MR) is 71.7 cm³/mol. The number of aromatic nitrogens is 3. The molecule has 18 heavy (non-hydrogen) atoms. The number of nitrogens with zero attached hydrogens (tertiary/aromatic N) is 3. The van der Waals surface area contributed by atoms with Crippen LogP contribution in [-0.4, -0.2) is 21.8 Å². The van der Waals surface area contributed by atoms with Crippen LogP contribution in [0.4, 0.5) is 0 Å². The van der Waals surface area contributed by atoms with Gasteiger partial charge in [-0.1, -0.05) is 6.92 Å². The van der Waals surface area contributed by atoms with Crippen LogP contribution in [0.2, 0.25) is 0 Å². The molecule has 2 aromatic rings. The number of rotatable bonds is 7. The van der Waals surface area contributed by atoms with Crippen molar-refractivity contribution in [1.29, 1.82) is 0 Å². The number of aryl methyl sites for hydroxylation is 1. The molecule has 0 radical (unpaired) electrons. The van der Waals surface area contributed by atoms with Gasteiger partial charge in [-0.3, -0.25) is 4.68 Å². The van der Waals surface area contributed by atoms with Gasteiger partial charge in [-0.25, -0.2) is 4.98 Å². The molecule has 2 rings (SSSR count). The van der Waals surface area contributed by atoms with E-state index in [1.54, 1.807) is 17.5 Å². The minimum absolute atomic E-state index is 0.498. The first kappa shape index (κ1) is 13.0. The summed E-state index contributed by atoms with van der Waals surface area (Å²) < 4.78 is 7.54. The number of thiazole rings is 1. The number of ether oxygens (including phenoxy) is 1. The molecule has 6 heteroatoms. The SMILES string of the molecule is CCCn1cc(OCc2csc(CNC)n2)cn1. The zero-order chi connectivity index (χ0) is 12.8. The summed E-state index contributed by atoms with van der Waals surface area (Å²) >= 11 is 1.65. The van der Waals surface area contributed by atoms with Crippen LogP contribution in [0, 0.1) is 0 Å². The highest BCUT2D eigenvalue weighted by molar-refractivity contribution is 7.09. The lowest BCUT2D eigenvalue weighted by Crippen LogP contribution is -2.05. The zero-order valence-corrected chi connectivity index (χ0v) is 11.5. The summed E-state index contributed by atoms with van der Waals surface area (Å²) in [6, 6.07) is 0. The first-order valence-electron chi connectivity index (χ1n) is 6.05. The lowest BCUT2D eigenvalue weighted by Gasteiger charge is -2.00. The third-order valence-corrected chi connectivity index (χ3v) is 3.27. The minimum Gasteiger partial charge on any atom is -0.484 e. The highest BCUT2D eigenvalue weighted by atomic mass is 32.1. The summed E-state index contributed by atoms with van der Waals surface area (Å²) in [6.45, 7) is 4.35. The Kier molecular flexibility index (Phi) is 4.72. The van der Waals surface area contributed by atoms with Crippen LogP contribution in [0.1, 0.15) is 24.0 Å². The molecule has 0 spiro atoms. The van der Waals surface area contributed by atoms with E-state index < -0.39 is 0 Å². The van der Waals surface area contributed by atoms with E-state index in [4.69, 9.17) is 4.74 Å². The van der Waals surface area contributed by atoms with Crippen LogP contribution >= 0.6 is 11.3 Å². The Hall–Kier alpha value is -1.40. The maximum Gasteiger partial charge on any atom is 0.157 e. The van der Waals surface area contributed by atoms with E-state index in [1.807, 2.05) is 23.3 Å². The molecule has 0 saturated heterocycles. The zero-order valence-electron chi connectivity index (χ0n) is 10.7. The molecule has 2 heterocycles. The summed E-state index contributed by atoms with van der Waals surface area (Å²) in [5.74, 6) is 0.798. The highest BCUT2D eigenvalue weighted by Gasteiger charge is 2.03. The van der Waals surface area contributed by atoms with Gasteiger partial charge in [0, 0.05) is 18.5 Å². The van der Waals surface area contributed by atoms with Gasteiger partial charge < -0.3 is 10.1 Å². The standard InChI is InChI=1S/C12H18N4OS/c1-3-4-16-7-11(5-14-16)17-8-10-9-18-12(15-10)6-13-2/h5,7,9,13H,3-4,6,8H2,1-2H3. The molecule has 0 fully saturated rings. The van der Waals surface area contributed by atoms with Crippen LogP contribution < -0.4 is 10.1 Å². The van der Waals surface area contributed by atoms with Crippen molar-refractivity contribution in [2.24, 2.45) is 0 Å². The van der Waals surface area contributed by atoms with Crippen molar-refractivity contribution in [2.75, 3.05) is 7.05 Å². The molecule has 0 atom stereocenters. The van der Waals surface area contributed by atoms with Crippen LogP contribution in [0.25, 0.3) is 0 Å². The number of hydrogen-bond donors (Lipinski definition) is 1. The molecule has 0 aliphatic carbocycles. The van der Waals surface area contributed by atoms with Crippen molar-refractivity contribution >= 4 is 11.3 Å². The van der Waals surface area contributed by atoms with Gasteiger partial charge in [-0.2, -0.15) is 5.10 Å². The van der Waals surface area contributed by atoms with Crippen LogP contribution in [0.5, 0.6) is 5.75 Å². The fraction of sp³-hybridized carbons (Fsp3) is 0.500. The molecular weight excluding hydrogens is 248 g/mol. The smallest absolute Gasteiger partial charge is 0.157 e. The second-order valence-corrected chi connectivity index (χ2v) is 4.93. The molecule has 0 unspecified atom stereocenters. The van der Waals surface area contributed by atoms with Gasteiger partial charge in [0.25, 0.3) is 0 Å². The molecule has 0 aromatic carbocycles. The van der Waals surface area contributed by atoms with Crippen LogP contribution in [0.3, 0.4) is 0 Å². The van der Waals surface area contributed by atoms with E-state index in [2.05, 4.69) is 22.3 Å². The molecule has 0 amide bonds. The average molecular weight is 266 g/mol. The first-order chi connectivity index (χ1) is 8.81. The van der Waals surface area contributed by atoms with Crippen LogP contribution in [-0.2, 0) is 19.7 Å². The summed E-state index contributed by atoms with van der Waals surface area (Å²) in [5.41, 5.74) is 0.966. The Morgan fingerprint density at radius 2 is 2.39 bits per heavy atom. The molecule has 2 aromatic heterocycles. The molecule has 1 N–H and O–H groups in total. The summed E-state index contributed by atoms with van der Waals surface area (Å²) in [5, 5.41) is 10.4. The number of hydrogen-bond acceptors (Lipinski definition) is 5. The molecule has 0 bridgehead atoms. The highest BCUT2D eigenvalue weighted by Crippen LogP contribution is 2.14. The summed E-state index contributed by atoms with van der Waals surface area (Å²) in [6.07, 6.45) is 4.74. The Balaban J connectivity index is 1.85. The largest absolute Gasteiger partial charge is 0.484 e. The third-order valence-electron chi connectivity index (χ3n) is 2.38. The first-order valence-corrected chi connectivity index (χ1v) is 6.93. The van der Waals surface area contributed by atoms with Crippen molar-refractivity contribution in [1.82, 2.24) is 20.1 Å². The maximum atomic E-state index is 5.65. The van der Waals surface area contributed by atoms with Gasteiger partial charge in [-0.05, 0) is 13.5 Å². The van der Waals surface area contributed by atoms with Crippen molar-refractivity contribution < 1.29 is 4.74 Å². The fourth-order valence-electron chi connectivity index (χ4n) is 1.58. The lowest BCUT2D eigenvalue weighted by molar-refractivity contribution is 0.301. The molecular formula is C12H18N4OS. The Labute approximate surface area is 111 Å². The number of nitrogens with one attached hydrogen (secondary N) is 1. The van der Waals surface area contributed by atoms with Crippen LogP contribution in [0.15, 0.2) is 17.8 Å². The molecule has 98 valence electrons. The quantitative estimate of drug-likeness (QED) is 0.833. The van der Waals surface area contributed by atoms with E-state index in [1.165, 1.54) is 0 Å². The molecule has 5 nitrogen and oxygen atoms in total. The minimum atomic E-state index is 0.498. The van der Waals surface area contributed by atoms with E-state index in [0.717, 1.165) is 36.0 Å². The van der Waals surface area contributed by atoms with Gasteiger partial charge in [0.1, 0.15) is 11.6 Å². The van der Waals surface area contributed by atoms with Gasteiger partial charge >= 0.3 is 0 Å². The average Bonchev–Trinajstić information content (AvgIpc) is 2.97. The van der Waals surface area contributed by atoms with Crippen molar-refractivity contribution in [3.8, 4) is 5.75 Å². The van der Waals surface area contributed by atoms with E-state index in [0.29, 0.717) is 6.61 Å². The summed E-state index contributed by atoms with van der Waals surface area (Å²) in [7, 11) is 1.92. The topological polar surface area (TPSA) is 52.0 Å². The van der Waals surface area contributed by atoms with E-state index >= 15 is 0 Å². The van der Waals surface area contributed by atoms with Crippen molar-refractivity contribution in [3.05, 3.63) is 28.5 Å². The molecule has 0 aliphatic heterocycles. The van der Waals surface area contributed by atoms with Gasteiger partial charge in [0.05, 0.1) is 18.1 Å². The normalized spacial score (nSPS) is 10.8. The Bertz CT molecular complexity index is 436. The molecule has 0 saturated carbocycles. The summed E-state index contributed by atoms with van der Waals surface area (Å²) in [4.78, 5) is 4.46. The fourth-order valence-corrected chi connectivity index (χ4v) is 2.37. The van der Waals surface area contributed by atoms with E-state index in [9.17, 15) is 0 Å². The van der Waals surface area contributed by atoms with E-state index in [-0.39, 0.29) is 0 Å². The monoisotopic (exact) mass is 266 g/mol. The molecule has 0 aliphatic rings. The Morgan fingerprint density at radius 3 is 3.17 bits per heavy atom. The maximum absolute atomic E-state index is 5.65.